The third kappa shape index (κ3) is 20.6. The fourth-order valence-electron chi connectivity index (χ4n) is 2.09. The molecule has 1 saturated heterocycles. The summed E-state index contributed by atoms with van der Waals surface area (Å²) in [6.07, 6.45) is -0.300. The highest BCUT2D eigenvalue weighted by Crippen LogP contribution is 2.17. The third-order valence-corrected chi connectivity index (χ3v) is 13.4. The second-order valence-corrected chi connectivity index (χ2v) is 15.6. The molecule has 1 rings (SSSR count). The van der Waals surface area contributed by atoms with E-state index >= 15 is 0 Å². The lowest BCUT2D eigenvalue weighted by molar-refractivity contribution is 0.224. The second kappa shape index (κ2) is 22.9. The van der Waals surface area contributed by atoms with Gasteiger partial charge in [0.15, 0.2) is 0 Å². The van der Waals surface area contributed by atoms with E-state index in [2.05, 4.69) is 0 Å². The minimum Gasteiger partial charge on any atom is -0.391 e. The van der Waals surface area contributed by atoms with Gasteiger partial charge in [-0.15, -0.1) is 0 Å². The van der Waals surface area contributed by atoms with Gasteiger partial charge in [-0.05, 0) is 0 Å². The van der Waals surface area contributed by atoms with Crippen LogP contribution in [0.15, 0.2) is 0 Å². The van der Waals surface area contributed by atoms with Crippen LogP contribution in [0.5, 0.6) is 0 Å². The van der Waals surface area contributed by atoms with Crippen LogP contribution in [0.25, 0.3) is 0 Å². The highest BCUT2D eigenvalue weighted by molar-refractivity contribution is 8.06. The molecule has 2 N–H and O–H groups in total. The van der Waals surface area contributed by atoms with Crippen molar-refractivity contribution in [3.63, 3.8) is 0 Å². The Kier molecular flexibility index (Phi) is 23.5. The molecule has 0 aromatic rings. The maximum Gasteiger partial charge on any atom is 0.0720 e. The Balaban J connectivity index is 2.12. The van der Waals surface area contributed by atoms with Crippen molar-refractivity contribution < 1.29 is 10.2 Å². The monoisotopic (exact) mass is 540 g/mol. The molecule has 2 nitrogen and oxygen atoms in total. The van der Waals surface area contributed by atoms with E-state index in [9.17, 15) is 10.2 Å². The van der Waals surface area contributed by atoms with Crippen LogP contribution in [0.1, 0.15) is 0 Å². The molecular formula is C18H36O2S8. The van der Waals surface area contributed by atoms with E-state index in [1.807, 2.05) is 94.1 Å². The van der Waals surface area contributed by atoms with Gasteiger partial charge >= 0.3 is 0 Å². The Labute approximate surface area is 207 Å². The van der Waals surface area contributed by atoms with Gasteiger partial charge in [0.1, 0.15) is 0 Å². The predicted molar refractivity (Wildman–Crippen MR) is 151 cm³/mol. The Hall–Kier alpha value is 2.72. The number of aliphatic hydroxyl groups is 2. The minimum atomic E-state index is -0.150. The summed E-state index contributed by atoms with van der Waals surface area (Å²) < 4.78 is 0. The average Bonchev–Trinajstić information content (AvgIpc) is 2.69. The zero-order valence-electron chi connectivity index (χ0n) is 16.6. The van der Waals surface area contributed by atoms with E-state index in [4.69, 9.17) is 0 Å². The lowest BCUT2D eigenvalue weighted by Gasteiger charge is -2.11. The first kappa shape index (κ1) is 28.8. The van der Waals surface area contributed by atoms with Gasteiger partial charge in [-0.1, -0.05) is 0 Å². The largest absolute Gasteiger partial charge is 0.391 e. The molecule has 168 valence electrons. The van der Waals surface area contributed by atoms with Gasteiger partial charge in [-0.3, -0.25) is 0 Å². The van der Waals surface area contributed by atoms with Gasteiger partial charge in [0.25, 0.3) is 0 Å². The van der Waals surface area contributed by atoms with Crippen molar-refractivity contribution >= 4 is 94.1 Å². The molecule has 0 atom stereocenters. The van der Waals surface area contributed by atoms with E-state index in [0.717, 1.165) is 46.0 Å². The summed E-state index contributed by atoms with van der Waals surface area (Å²) in [6.45, 7) is 0. The molecule has 1 aliphatic rings. The Morgan fingerprint density at radius 2 is 0.500 bits per heavy atom. The minimum absolute atomic E-state index is 0.150. The summed E-state index contributed by atoms with van der Waals surface area (Å²) in [5.74, 6) is 17.8. The number of aliphatic hydroxyl groups excluding tert-OH is 2. The van der Waals surface area contributed by atoms with Crippen LogP contribution >= 0.6 is 94.1 Å². The zero-order chi connectivity index (χ0) is 20.1. The molecule has 0 aromatic carbocycles. The summed E-state index contributed by atoms with van der Waals surface area (Å²) in [5.41, 5.74) is 0. The maximum atomic E-state index is 10.1. The molecular weight excluding hydrogens is 505 g/mol. The highest BCUT2D eigenvalue weighted by Gasteiger charge is 2.06. The van der Waals surface area contributed by atoms with E-state index in [0.29, 0.717) is 0 Å². The molecule has 1 fully saturated rings. The van der Waals surface area contributed by atoms with E-state index in [-0.39, 0.29) is 12.2 Å². The highest BCUT2D eigenvalue weighted by atomic mass is 32.2. The van der Waals surface area contributed by atoms with Crippen molar-refractivity contribution in [1.29, 1.82) is 0 Å². The molecule has 1 heterocycles. The molecule has 0 unspecified atom stereocenters. The lowest BCUT2D eigenvalue weighted by atomic mass is 10.5. The summed E-state index contributed by atoms with van der Waals surface area (Å²) in [4.78, 5) is 0. The van der Waals surface area contributed by atoms with Gasteiger partial charge in [-0.2, -0.15) is 94.1 Å². The molecule has 1 aliphatic heterocycles. The average molecular weight is 541 g/mol. The van der Waals surface area contributed by atoms with Crippen molar-refractivity contribution in [2.45, 2.75) is 12.2 Å². The van der Waals surface area contributed by atoms with E-state index in [1.54, 1.807) is 0 Å². The standard InChI is InChI=1S/C18H36O2S8/c19-17-13-25-9-5-21-1-2-22-6-10-26-14-18(20)16-28-12-8-24-4-3-23-7-11-27-15-17/h17-20H,1-16H2. The van der Waals surface area contributed by atoms with Gasteiger partial charge in [-0.25, -0.2) is 0 Å². The SMILES string of the molecule is OC1CSCCSCCSCCSCC(O)CSCCSCCSCCSC1. The third-order valence-electron chi connectivity index (χ3n) is 3.47. The lowest BCUT2D eigenvalue weighted by Crippen LogP contribution is -2.14. The van der Waals surface area contributed by atoms with Crippen LogP contribution in [0.4, 0.5) is 0 Å². The Morgan fingerprint density at radius 1 is 0.321 bits per heavy atom. The first-order chi connectivity index (χ1) is 13.8. The van der Waals surface area contributed by atoms with Crippen molar-refractivity contribution in [3.8, 4) is 0 Å². The van der Waals surface area contributed by atoms with Gasteiger partial charge < -0.3 is 10.2 Å². The van der Waals surface area contributed by atoms with Crippen LogP contribution in [0.2, 0.25) is 0 Å². The molecule has 0 bridgehead atoms. The van der Waals surface area contributed by atoms with E-state index in [1.165, 1.54) is 46.0 Å². The van der Waals surface area contributed by atoms with Crippen molar-refractivity contribution in [2.24, 2.45) is 0 Å². The summed E-state index contributed by atoms with van der Waals surface area (Å²) in [5, 5.41) is 20.1. The summed E-state index contributed by atoms with van der Waals surface area (Å²) in [6, 6.07) is 0. The summed E-state index contributed by atoms with van der Waals surface area (Å²) >= 11 is 15.7. The molecule has 0 saturated carbocycles. The van der Waals surface area contributed by atoms with Crippen molar-refractivity contribution in [3.05, 3.63) is 0 Å². The Morgan fingerprint density at radius 3 is 0.714 bits per heavy atom. The molecule has 0 amide bonds. The number of rotatable bonds is 0. The smallest absolute Gasteiger partial charge is 0.0720 e. The summed E-state index contributed by atoms with van der Waals surface area (Å²) in [7, 11) is 0. The van der Waals surface area contributed by atoms with Gasteiger partial charge in [0, 0.05) is 92.0 Å². The second-order valence-electron chi connectivity index (χ2n) is 6.06. The van der Waals surface area contributed by atoms with Crippen LogP contribution in [-0.4, -0.2) is 114 Å². The van der Waals surface area contributed by atoms with Crippen molar-refractivity contribution in [2.75, 3.05) is 92.0 Å². The van der Waals surface area contributed by atoms with E-state index < -0.39 is 0 Å². The number of hydrogen-bond donors (Lipinski definition) is 2. The van der Waals surface area contributed by atoms with Crippen LogP contribution in [0.3, 0.4) is 0 Å². The fraction of sp³-hybridized carbons (Fsp3) is 1.00. The predicted octanol–water partition coefficient (Wildman–Crippen LogP) is 4.59. The molecule has 10 heteroatoms. The van der Waals surface area contributed by atoms with Crippen LogP contribution < -0.4 is 0 Å². The molecule has 0 spiro atoms. The van der Waals surface area contributed by atoms with Crippen molar-refractivity contribution in [1.82, 2.24) is 0 Å². The molecule has 28 heavy (non-hydrogen) atoms. The Bertz CT molecular complexity index is 270. The topological polar surface area (TPSA) is 40.5 Å². The number of thioether (sulfide) groups is 8. The number of hydrogen-bond acceptors (Lipinski definition) is 10. The first-order valence-electron chi connectivity index (χ1n) is 9.77. The van der Waals surface area contributed by atoms with Gasteiger partial charge in [0.05, 0.1) is 12.2 Å². The maximum absolute atomic E-state index is 10.1. The molecule has 0 radical (unpaired) electrons. The first-order valence-corrected chi connectivity index (χ1v) is 19.0. The van der Waals surface area contributed by atoms with Crippen LogP contribution in [-0.2, 0) is 0 Å². The molecule has 0 aliphatic carbocycles. The fourth-order valence-corrected chi connectivity index (χ4v) is 11.1. The van der Waals surface area contributed by atoms with Gasteiger partial charge in [0.2, 0.25) is 0 Å². The zero-order valence-corrected chi connectivity index (χ0v) is 23.2. The molecule has 0 aromatic heterocycles. The normalized spacial score (nSPS) is 28.5. The quantitative estimate of drug-likeness (QED) is 0.456. The van der Waals surface area contributed by atoms with Crippen LogP contribution in [0, 0.1) is 0 Å².